The van der Waals surface area contributed by atoms with E-state index in [0.717, 1.165) is 23.5 Å². The molecule has 0 saturated heterocycles. The van der Waals surface area contributed by atoms with Crippen LogP contribution in [-0.2, 0) is 6.42 Å². The van der Waals surface area contributed by atoms with Crippen molar-refractivity contribution in [3.63, 3.8) is 0 Å². The minimum atomic E-state index is -0.390. The molecule has 0 fully saturated rings. The smallest absolute Gasteiger partial charge is 0.269 e. The summed E-state index contributed by atoms with van der Waals surface area (Å²) < 4.78 is 5.55. The number of benzene rings is 1. The van der Waals surface area contributed by atoms with Crippen LogP contribution in [0.1, 0.15) is 18.9 Å². The summed E-state index contributed by atoms with van der Waals surface area (Å²) in [5, 5.41) is 10.6. The van der Waals surface area contributed by atoms with Gasteiger partial charge in [-0.25, -0.2) is 0 Å². The van der Waals surface area contributed by atoms with E-state index in [-0.39, 0.29) is 10.6 Å². The van der Waals surface area contributed by atoms with Gasteiger partial charge in [0.05, 0.1) is 4.92 Å². The number of fused-ring (bicyclic) bond motifs is 1. The van der Waals surface area contributed by atoms with Crippen molar-refractivity contribution in [2.45, 2.75) is 19.8 Å². The molecule has 2 rings (SSSR count). The van der Waals surface area contributed by atoms with E-state index in [9.17, 15) is 10.1 Å². The molecular formula is C11H11NO3. The monoisotopic (exact) mass is 205 g/mol. The Balaban J connectivity index is 2.33. The van der Waals surface area contributed by atoms with Crippen LogP contribution in [-0.4, -0.2) is 4.92 Å². The van der Waals surface area contributed by atoms with Gasteiger partial charge in [-0.2, -0.15) is 0 Å². The second-order valence-corrected chi connectivity index (χ2v) is 3.38. The molecule has 0 saturated carbocycles. The van der Waals surface area contributed by atoms with E-state index in [1.165, 1.54) is 6.07 Å². The predicted octanol–water partition coefficient (Wildman–Crippen LogP) is 2.82. The van der Waals surface area contributed by atoms with Crippen molar-refractivity contribution >= 4 is 5.69 Å². The summed E-state index contributed by atoms with van der Waals surface area (Å²) in [6, 6.07) is 4.70. The summed E-state index contributed by atoms with van der Waals surface area (Å²) in [6.45, 7) is 2.02. The second kappa shape index (κ2) is 3.73. The Morgan fingerprint density at radius 1 is 1.53 bits per heavy atom. The highest BCUT2D eigenvalue weighted by atomic mass is 16.6. The van der Waals surface area contributed by atoms with E-state index in [1.54, 1.807) is 12.1 Å². The van der Waals surface area contributed by atoms with Gasteiger partial charge in [0.2, 0.25) is 0 Å². The van der Waals surface area contributed by atoms with E-state index >= 15 is 0 Å². The van der Waals surface area contributed by atoms with Gasteiger partial charge in [-0.05, 0) is 18.6 Å². The molecule has 0 amide bonds. The molecule has 78 valence electrons. The Morgan fingerprint density at radius 3 is 3.00 bits per heavy atom. The number of allylic oxidation sites excluding steroid dienone is 2. The standard InChI is InChI=1S/C11H11NO3/c1-2-10-5-3-8-7-9(12(13)14)4-6-11(8)15-10/h4-7H,2-3H2,1H3. The fourth-order valence-electron chi connectivity index (χ4n) is 1.56. The van der Waals surface area contributed by atoms with E-state index < -0.39 is 0 Å². The first-order valence-electron chi connectivity index (χ1n) is 4.85. The molecule has 0 aliphatic carbocycles. The van der Waals surface area contributed by atoms with E-state index in [1.807, 2.05) is 13.0 Å². The lowest BCUT2D eigenvalue weighted by Gasteiger charge is -2.16. The highest BCUT2D eigenvalue weighted by Crippen LogP contribution is 2.30. The molecule has 0 N–H and O–H groups in total. The van der Waals surface area contributed by atoms with Gasteiger partial charge in [-0.3, -0.25) is 10.1 Å². The first-order chi connectivity index (χ1) is 7.20. The lowest BCUT2D eigenvalue weighted by molar-refractivity contribution is -0.384. The lowest BCUT2D eigenvalue weighted by atomic mass is 10.1. The topological polar surface area (TPSA) is 52.4 Å². The van der Waals surface area contributed by atoms with Crippen LogP contribution in [0.15, 0.2) is 30.0 Å². The zero-order chi connectivity index (χ0) is 10.8. The Bertz CT molecular complexity index is 437. The highest BCUT2D eigenvalue weighted by Gasteiger charge is 2.15. The summed E-state index contributed by atoms with van der Waals surface area (Å²) in [5.41, 5.74) is 0.993. The maximum absolute atomic E-state index is 10.6. The van der Waals surface area contributed by atoms with E-state index in [0.29, 0.717) is 6.42 Å². The molecule has 0 atom stereocenters. The Kier molecular flexibility index (Phi) is 2.41. The van der Waals surface area contributed by atoms with Crippen LogP contribution < -0.4 is 4.74 Å². The lowest BCUT2D eigenvalue weighted by Crippen LogP contribution is -2.04. The third kappa shape index (κ3) is 1.83. The molecule has 0 spiro atoms. The van der Waals surface area contributed by atoms with Gasteiger partial charge in [0.25, 0.3) is 5.69 Å². The first kappa shape index (κ1) is 9.71. The van der Waals surface area contributed by atoms with Crippen LogP contribution in [0.3, 0.4) is 0 Å². The summed E-state index contributed by atoms with van der Waals surface area (Å²) >= 11 is 0. The molecule has 4 nitrogen and oxygen atoms in total. The Labute approximate surface area is 87.3 Å². The molecule has 1 heterocycles. The largest absolute Gasteiger partial charge is 0.462 e. The van der Waals surface area contributed by atoms with Gasteiger partial charge < -0.3 is 4.74 Å². The van der Waals surface area contributed by atoms with Crippen molar-refractivity contribution in [2.75, 3.05) is 0 Å². The van der Waals surface area contributed by atoms with E-state index in [2.05, 4.69) is 0 Å². The number of nitro benzene ring substituents is 1. The molecule has 1 aliphatic heterocycles. The average molecular weight is 205 g/mol. The molecule has 1 aromatic carbocycles. The highest BCUT2D eigenvalue weighted by molar-refractivity contribution is 5.46. The number of non-ortho nitro benzene ring substituents is 1. The summed E-state index contributed by atoms with van der Waals surface area (Å²) in [4.78, 5) is 10.2. The number of nitro groups is 1. The number of hydrogen-bond donors (Lipinski definition) is 0. The van der Waals surface area contributed by atoms with Crippen LogP contribution in [0.25, 0.3) is 0 Å². The zero-order valence-electron chi connectivity index (χ0n) is 8.40. The third-order valence-electron chi connectivity index (χ3n) is 2.39. The van der Waals surface area contributed by atoms with Gasteiger partial charge in [0, 0.05) is 24.1 Å². The van der Waals surface area contributed by atoms with Gasteiger partial charge >= 0.3 is 0 Å². The molecule has 1 aromatic rings. The maximum atomic E-state index is 10.6. The summed E-state index contributed by atoms with van der Waals surface area (Å²) in [6.07, 6.45) is 3.52. The van der Waals surface area contributed by atoms with Gasteiger partial charge in [0.15, 0.2) is 0 Å². The second-order valence-electron chi connectivity index (χ2n) is 3.38. The summed E-state index contributed by atoms with van der Waals surface area (Å²) in [5.74, 6) is 1.66. The predicted molar refractivity (Wildman–Crippen MR) is 55.8 cm³/mol. The minimum absolute atomic E-state index is 0.116. The van der Waals surface area contributed by atoms with Crippen molar-refractivity contribution in [2.24, 2.45) is 0 Å². The fraction of sp³-hybridized carbons (Fsp3) is 0.273. The molecular weight excluding hydrogens is 194 g/mol. The van der Waals surface area contributed by atoms with Crippen LogP contribution in [0.5, 0.6) is 5.75 Å². The molecule has 15 heavy (non-hydrogen) atoms. The zero-order valence-corrected chi connectivity index (χ0v) is 8.40. The van der Waals surface area contributed by atoms with Crippen LogP contribution in [0, 0.1) is 10.1 Å². The average Bonchev–Trinajstić information content (AvgIpc) is 2.27. The van der Waals surface area contributed by atoms with Gasteiger partial charge in [0.1, 0.15) is 11.5 Å². The quantitative estimate of drug-likeness (QED) is 0.551. The summed E-state index contributed by atoms with van der Waals surface area (Å²) in [7, 11) is 0. The number of rotatable bonds is 2. The fourth-order valence-corrected chi connectivity index (χ4v) is 1.56. The van der Waals surface area contributed by atoms with Crippen molar-refractivity contribution in [3.05, 3.63) is 45.7 Å². The number of ether oxygens (including phenoxy) is 1. The third-order valence-corrected chi connectivity index (χ3v) is 2.39. The Morgan fingerprint density at radius 2 is 2.33 bits per heavy atom. The maximum Gasteiger partial charge on any atom is 0.269 e. The molecule has 0 aromatic heterocycles. The van der Waals surface area contributed by atoms with Crippen molar-refractivity contribution in [1.29, 1.82) is 0 Å². The van der Waals surface area contributed by atoms with Crippen LogP contribution in [0.2, 0.25) is 0 Å². The van der Waals surface area contributed by atoms with Gasteiger partial charge in [-0.15, -0.1) is 0 Å². The molecule has 0 unspecified atom stereocenters. The van der Waals surface area contributed by atoms with Crippen LogP contribution >= 0.6 is 0 Å². The molecule has 0 radical (unpaired) electrons. The van der Waals surface area contributed by atoms with Crippen LogP contribution in [0.4, 0.5) is 5.69 Å². The SMILES string of the molecule is CCC1=CCc2cc([N+](=O)[O-])ccc2O1. The van der Waals surface area contributed by atoms with Crippen molar-refractivity contribution < 1.29 is 9.66 Å². The normalized spacial score (nSPS) is 13.8. The van der Waals surface area contributed by atoms with E-state index in [4.69, 9.17) is 4.74 Å². The number of hydrogen-bond acceptors (Lipinski definition) is 3. The molecule has 1 aliphatic rings. The molecule has 4 heteroatoms. The number of nitrogens with zero attached hydrogens (tertiary/aromatic N) is 1. The molecule has 0 bridgehead atoms. The van der Waals surface area contributed by atoms with Crippen molar-refractivity contribution in [1.82, 2.24) is 0 Å². The minimum Gasteiger partial charge on any atom is -0.462 e. The van der Waals surface area contributed by atoms with Gasteiger partial charge in [-0.1, -0.05) is 6.92 Å². The first-order valence-corrected chi connectivity index (χ1v) is 4.85. The Hall–Kier alpha value is -1.84. The van der Waals surface area contributed by atoms with Crippen molar-refractivity contribution in [3.8, 4) is 5.75 Å².